The van der Waals surface area contributed by atoms with Gasteiger partial charge in [-0.2, -0.15) is 0 Å². The van der Waals surface area contributed by atoms with Gasteiger partial charge in [0.25, 0.3) is 0 Å². The first-order valence-electron chi connectivity index (χ1n) is 6.21. The molecule has 0 aliphatic carbocycles. The highest BCUT2D eigenvalue weighted by atomic mass is 16.5. The maximum atomic E-state index is 8.11. The van der Waals surface area contributed by atoms with Crippen LogP contribution in [-0.4, -0.2) is 17.3 Å². The Kier molecular flexibility index (Phi) is 3.01. The van der Waals surface area contributed by atoms with Gasteiger partial charge in [-0.3, -0.25) is 4.98 Å². The second-order valence-electron chi connectivity index (χ2n) is 4.62. The molecular weight excluding hydrogens is 238 g/mol. The van der Waals surface area contributed by atoms with Crippen molar-refractivity contribution in [3.8, 4) is 0 Å². The predicted molar refractivity (Wildman–Crippen MR) is 74.3 cm³/mol. The number of nitrogens with one attached hydrogen (secondary N) is 1. The van der Waals surface area contributed by atoms with E-state index < -0.39 is 0 Å². The molecule has 2 heterocycles. The highest BCUT2D eigenvalue weighted by Crippen LogP contribution is 2.40. The Morgan fingerprint density at radius 2 is 1.95 bits per heavy atom. The largest absolute Gasteiger partial charge is 0.398 e. The van der Waals surface area contributed by atoms with Crippen molar-refractivity contribution in [1.82, 2.24) is 4.98 Å². The van der Waals surface area contributed by atoms with E-state index in [1.807, 2.05) is 42.5 Å². The molecule has 0 amide bonds. The molecule has 1 aliphatic heterocycles. The summed E-state index contributed by atoms with van der Waals surface area (Å²) >= 11 is 0. The minimum Gasteiger partial charge on any atom is -0.398 e. The minimum atomic E-state index is -0.224. The molecule has 2 unspecified atom stereocenters. The predicted octanol–water partition coefficient (Wildman–Crippen LogP) is 2.54. The molecule has 0 bridgehead atoms. The van der Waals surface area contributed by atoms with E-state index in [2.05, 4.69) is 4.98 Å². The van der Waals surface area contributed by atoms with E-state index in [9.17, 15) is 0 Å². The molecule has 1 fully saturated rings. The first kappa shape index (κ1) is 11.9. The Hall–Kier alpha value is -2.20. The number of rotatable bonds is 2. The van der Waals surface area contributed by atoms with Gasteiger partial charge in [-0.15, -0.1) is 0 Å². The zero-order chi connectivity index (χ0) is 13.2. The van der Waals surface area contributed by atoms with E-state index in [0.717, 1.165) is 11.3 Å². The molecule has 1 aromatic carbocycles. The molecule has 3 N–H and O–H groups in total. The van der Waals surface area contributed by atoms with Gasteiger partial charge in [0.15, 0.2) is 0 Å². The summed E-state index contributed by atoms with van der Waals surface area (Å²) in [6.07, 6.45) is 1.52. The second-order valence-corrected chi connectivity index (χ2v) is 4.62. The van der Waals surface area contributed by atoms with Crippen LogP contribution in [0.4, 0.5) is 5.69 Å². The van der Waals surface area contributed by atoms with Gasteiger partial charge < -0.3 is 15.9 Å². The molecule has 2 aromatic rings. The Morgan fingerprint density at radius 3 is 2.68 bits per heavy atom. The fourth-order valence-electron chi connectivity index (χ4n) is 2.49. The number of hydrogen-bond donors (Lipinski definition) is 2. The first-order chi connectivity index (χ1) is 9.27. The smallest absolute Gasteiger partial charge is 0.112 e. The van der Waals surface area contributed by atoms with E-state index in [4.69, 9.17) is 15.9 Å². The second kappa shape index (κ2) is 4.82. The van der Waals surface area contributed by atoms with Crippen molar-refractivity contribution in [2.45, 2.75) is 12.0 Å². The van der Waals surface area contributed by atoms with Crippen LogP contribution in [0.2, 0.25) is 0 Å². The Labute approximate surface area is 111 Å². The SMILES string of the molecule is N=C1COC(c2ccccn2)C1c1ccccc1N. The summed E-state index contributed by atoms with van der Waals surface area (Å²) in [7, 11) is 0. The van der Waals surface area contributed by atoms with Gasteiger partial charge in [0.2, 0.25) is 0 Å². The quantitative estimate of drug-likeness (QED) is 0.808. The van der Waals surface area contributed by atoms with Crippen molar-refractivity contribution in [3.63, 3.8) is 0 Å². The van der Waals surface area contributed by atoms with Gasteiger partial charge in [0, 0.05) is 17.6 Å². The third-order valence-corrected chi connectivity index (χ3v) is 3.41. The lowest BCUT2D eigenvalue weighted by Gasteiger charge is -2.19. The molecule has 2 atom stereocenters. The van der Waals surface area contributed by atoms with Gasteiger partial charge in [0.05, 0.1) is 18.2 Å². The number of nitrogens with zero attached hydrogens (tertiary/aromatic N) is 1. The van der Waals surface area contributed by atoms with Crippen molar-refractivity contribution in [2.75, 3.05) is 12.3 Å². The van der Waals surface area contributed by atoms with E-state index in [1.165, 1.54) is 0 Å². The van der Waals surface area contributed by atoms with Gasteiger partial charge in [-0.25, -0.2) is 0 Å². The Morgan fingerprint density at radius 1 is 1.16 bits per heavy atom. The molecule has 1 saturated heterocycles. The van der Waals surface area contributed by atoms with E-state index in [-0.39, 0.29) is 12.0 Å². The lowest BCUT2D eigenvalue weighted by Crippen LogP contribution is -2.14. The molecule has 4 heteroatoms. The van der Waals surface area contributed by atoms with E-state index in [0.29, 0.717) is 18.0 Å². The topological polar surface area (TPSA) is 72.0 Å². The molecule has 3 rings (SSSR count). The van der Waals surface area contributed by atoms with Gasteiger partial charge in [0.1, 0.15) is 6.10 Å². The third kappa shape index (κ3) is 2.11. The number of nitrogens with two attached hydrogens (primary N) is 1. The fraction of sp³-hybridized carbons (Fsp3) is 0.200. The molecule has 1 aromatic heterocycles. The van der Waals surface area contributed by atoms with Crippen LogP contribution in [0.5, 0.6) is 0 Å². The Bertz CT molecular complexity index is 597. The lowest BCUT2D eigenvalue weighted by molar-refractivity contribution is 0.103. The number of para-hydroxylation sites is 1. The third-order valence-electron chi connectivity index (χ3n) is 3.41. The number of benzene rings is 1. The van der Waals surface area contributed by atoms with Gasteiger partial charge in [-0.1, -0.05) is 24.3 Å². The number of ether oxygens (including phenoxy) is 1. The summed E-state index contributed by atoms with van der Waals surface area (Å²) in [5.41, 5.74) is 9.07. The standard InChI is InChI=1S/C15H15N3O/c16-11-6-2-1-5-10(11)14-12(17)9-19-15(14)13-7-3-4-8-18-13/h1-8,14-15,17H,9,16H2. The van der Waals surface area contributed by atoms with Crippen molar-refractivity contribution < 1.29 is 4.74 Å². The van der Waals surface area contributed by atoms with Gasteiger partial charge >= 0.3 is 0 Å². The zero-order valence-electron chi connectivity index (χ0n) is 10.4. The molecule has 96 valence electrons. The number of pyridine rings is 1. The van der Waals surface area contributed by atoms with Crippen molar-refractivity contribution >= 4 is 11.4 Å². The van der Waals surface area contributed by atoms with Crippen LogP contribution in [0, 0.1) is 5.41 Å². The molecule has 4 nitrogen and oxygen atoms in total. The molecule has 1 aliphatic rings. The molecule has 19 heavy (non-hydrogen) atoms. The summed E-state index contributed by atoms with van der Waals surface area (Å²) in [6, 6.07) is 13.4. The van der Waals surface area contributed by atoms with Crippen LogP contribution in [0.1, 0.15) is 23.3 Å². The summed E-state index contributed by atoms with van der Waals surface area (Å²) in [6.45, 7) is 0.334. The molecular formula is C15H15N3O. The number of hydrogen-bond acceptors (Lipinski definition) is 4. The van der Waals surface area contributed by atoms with Crippen LogP contribution in [0.3, 0.4) is 0 Å². The lowest BCUT2D eigenvalue weighted by atomic mass is 9.88. The summed E-state index contributed by atoms with van der Waals surface area (Å²) in [5.74, 6) is -0.143. The van der Waals surface area contributed by atoms with Crippen LogP contribution in [0.25, 0.3) is 0 Å². The number of aromatic nitrogens is 1. The van der Waals surface area contributed by atoms with E-state index in [1.54, 1.807) is 6.20 Å². The zero-order valence-corrected chi connectivity index (χ0v) is 10.4. The molecule has 0 radical (unpaired) electrons. The van der Waals surface area contributed by atoms with Crippen molar-refractivity contribution in [2.24, 2.45) is 0 Å². The van der Waals surface area contributed by atoms with Crippen LogP contribution in [-0.2, 0) is 4.74 Å². The number of nitrogen functional groups attached to an aromatic ring is 1. The Balaban J connectivity index is 2.03. The monoisotopic (exact) mass is 253 g/mol. The van der Waals surface area contributed by atoms with E-state index >= 15 is 0 Å². The van der Waals surface area contributed by atoms with Crippen LogP contribution < -0.4 is 5.73 Å². The van der Waals surface area contributed by atoms with Gasteiger partial charge in [-0.05, 0) is 23.8 Å². The maximum Gasteiger partial charge on any atom is 0.112 e. The average Bonchev–Trinajstić information content (AvgIpc) is 2.82. The number of anilines is 1. The highest BCUT2D eigenvalue weighted by molar-refractivity contribution is 5.93. The normalized spacial score (nSPS) is 22.6. The minimum absolute atomic E-state index is 0.143. The summed E-state index contributed by atoms with van der Waals surface area (Å²) < 4.78 is 5.73. The molecule has 0 spiro atoms. The van der Waals surface area contributed by atoms with Crippen LogP contribution >= 0.6 is 0 Å². The first-order valence-corrected chi connectivity index (χ1v) is 6.21. The average molecular weight is 253 g/mol. The van der Waals surface area contributed by atoms with Crippen molar-refractivity contribution in [1.29, 1.82) is 5.41 Å². The van der Waals surface area contributed by atoms with Crippen molar-refractivity contribution in [3.05, 3.63) is 59.9 Å². The van der Waals surface area contributed by atoms with Crippen LogP contribution in [0.15, 0.2) is 48.7 Å². The highest BCUT2D eigenvalue weighted by Gasteiger charge is 2.37. The molecule has 0 saturated carbocycles. The maximum absolute atomic E-state index is 8.11. The summed E-state index contributed by atoms with van der Waals surface area (Å²) in [5, 5.41) is 8.11. The fourth-order valence-corrected chi connectivity index (χ4v) is 2.49. The summed E-state index contributed by atoms with van der Waals surface area (Å²) in [4.78, 5) is 4.34.